The fourth-order valence-electron chi connectivity index (χ4n) is 5.44. The van der Waals surface area contributed by atoms with Crippen molar-refractivity contribution in [3.05, 3.63) is 46.5 Å². The molecule has 1 saturated heterocycles. The summed E-state index contributed by atoms with van der Waals surface area (Å²) in [5.41, 5.74) is 0.426. The van der Waals surface area contributed by atoms with E-state index in [1.54, 1.807) is 24.3 Å². The maximum Gasteiger partial charge on any atom is 0.329 e. The van der Waals surface area contributed by atoms with Gasteiger partial charge in [0.1, 0.15) is 6.04 Å². The molecule has 29 heavy (non-hydrogen) atoms. The second-order valence-corrected chi connectivity index (χ2v) is 9.33. The van der Waals surface area contributed by atoms with Crippen LogP contribution in [0.1, 0.15) is 23.7 Å². The third-order valence-electron chi connectivity index (χ3n) is 6.94. The van der Waals surface area contributed by atoms with E-state index in [4.69, 9.17) is 4.74 Å². The summed E-state index contributed by atoms with van der Waals surface area (Å²) >= 11 is 3.30. The number of ketones is 1. The van der Waals surface area contributed by atoms with Crippen molar-refractivity contribution in [2.75, 3.05) is 6.61 Å². The lowest BCUT2D eigenvalue weighted by Crippen LogP contribution is -2.45. The highest BCUT2D eigenvalue weighted by Crippen LogP contribution is 2.65. The number of amides is 2. The van der Waals surface area contributed by atoms with Crippen molar-refractivity contribution in [2.45, 2.75) is 19.4 Å². The lowest BCUT2D eigenvalue weighted by molar-refractivity contribution is -0.157. The van der Waals surface area contributed by atoms with Crippen LogP contribution in [-0.2, 0) is 19.1 Å². The molecule has 2 amide bonds. The predicted molar refractivity (Wildman–Crippen MR) is 105 cm³/mol. The smallest absolute Gasteiger partial charge is 0.329 e. The van der Waals surface area contributed by atoms with Crippen LogP contribution in [0.2, 0.25) is 0 Å². The molecular formula is C22H20BrNO5. The van der Waals surface area contributed by atoms with E-state index >= 15 is 0 Å². The minimum Gasteiger partial charge on any atom is -0.456 e. The number of likely N-dealkylation sites (tertiary alicyclic amines) is 1. The first-order valence-electron chi connectivity index (χ1n) is 9.89. The molecular weight excluding hydrogens is 438 g/mol. The summed E-state index contributed by atoms with van der Waals surface area (Å²) in [4.78, 5) is 51.9. The topological polar surface area (TPSA) is 80.8 Å². The fourth-order valence-corrected chi connectivity index (χ4v) is 5.71. The Balaban J connectivity index is 1.26. The summed E-state index contributed by atoms with van der Waals surface area (Å²) in [5.74, 6) is -1.07. The van der Waals surface area contributed by atoms with Gasteiger partial charge in [-0.2, -0.15) is 0 Å². The fraction of sp³-hybridized carbons (Fsp3) is 0.455. The maximum atomic E-state index is 13.0. The van der Waals surface area contributed by atoms with E-state index < -0.39 is 18.6 Å². The van der Waals surface area contributed by atoms with Crippen molar-refractivity contribution in [1.82, 2.24) is 4.90 Å². The molecule has 0 unspecified atom stereocenters. The molecule has 1 aromatic carbocycles. The number of nitrogens with zero attached hydrogens (tertiary/aromatic N) is 1. The Labute approximate surface area is 176 Å². The van der Waals surface area contributed by atoms with E-state index in [0.717, 1.165) is 15.8 Å². The SMILES string of the molecule is C[C@H](C(=O)OCC(=O)c1ccc(Br)cc1)N1C(=O)[C@@H]2[C@H]3C=C[C@@H]([C@@H]4C[C@H]34)[C@@H]2C1=O. The van der Waals surface area contributed by atoms with Gasteiger partial charge in [0.15, 0.2) is 12.4 Å². The largest absolute Gasteiger partial charge is 0.456 e. The summed E-state index contributed by atoms with van der Waals surface area (Å²) in [6, 6.07) is 5.70. The number of ether oxygens (including phenoxy) is 1. The zero-order chi connectivity index (χ0) is 20.4. The van der Waals surface area contributed by atoms with Gasteiger partial charge in [0, 0.05) is 10.0 Å². The van der Waals surface area contributed by atoms with Gasteiger partial charge in [-0.05, 0) is 49.1 Å². The molecule has 1 aromatic rings. The van der Waals surface area contributed by atoms with Gasteiger partial charge in [-0.1, -0.05) is 40.2 Å². The number of carbonyl (C=O) groups excluding carboxylic acids is 4. The zero-order valence-electron chi connectivity index (χ0n) is 15.8. The first-order chi connectivity index (χ1) is 13.9. The Morgan fingerprint density at radius 2 is 1.62 bits per heavy atom. The number of hydrogen-bond donors (Lipinski definition) is 0. The van der Waals surface area contributed by atoms with Crippen LogP contribution in [0.15, 0.2) is 40.9 Å². The van der Waals surface area contributed by atoms with Gasteiger partial charge in [0.25, 0.3) is 0 Å². The number of esters is 1. The molecule has 7 heteroatoms. The minimum atomic E-state index is -1.03. The van der Waals surface area contributed by atoms with Gasteiger partial charge in [-0.15, -0.1) is 0 Å². The highest BCUT2D eigenvalue weighted by molar-refractivity contribution is 9.10. The lowest BCUT2D eigenvalue weighted by atomic mass is 9.63. The van der Waals surface area contributed by atoms with Gasteiger partial charge < -0.3 is 4.74 Å². The molecule has 1 aliphatic heterocycles. The molecule has 2 saturated carbocycles. The van der Waals surface area contributed by atoms with E-state index in [2.05, 4.69) is 28.1 Å². The summed E-state index contributed by atoms with van der Waals surface area (Å²) in [5, 5.41) is 0. The first kappa shape index (κ1) is 18.7. The molecule has 5 aliphatic rings. The number of halogens is 1. The Hall–Kier alpha value is -2.28. The molecule has 150 valence electrons. The average molecular weight is 458 g/mol. The number of Topliss-reactive ketones (excluding diaryl/α,β-unsaturated/α-hetero) is 1. The number of carbonyl (C=O) groups is 4. The Kier molecular flexibility index (Phi) is 4.28. The van der Waals surface area contributed by atoms with E-state index in [9.17, 15) is 19.2 Å². The quantitative estimate of drug-likeness (QED) is 0.293. The normalized spacial score (nSPS) is 34.6. The highest BCUT2D eigenvalue weighted by Gasteiger charge is 2.67. The van der Waals surface area contributed by atoms with Crippen LogP contribution < -0.4 is 0 Å². The zero-order valence-corrected chi connectivity index (χ0v) is 17.4. The third kappa shape index (κ3) is 2.81. The van der Waals surface area contributed by atoms with Gasteiger partial charge in [-0.25, -0.2) is 4.79 Å². The average Bonchev–Trinajstić information content (AvgIpc) is 3.49. The standard InChI is InChI=1S/C22H20BrNO5/c1-10(22(28)29-9-17(25)11-2-4-12(23)5-3-11)24-20(26)18-13-6-7-14(16-8-15(13)16)19(18)21(24)27/h2-7,10,13-16,18-19H,8-9H2,1H3/t10-,13+,14+,15-,16+,18-,19+/m1/s1. The number of imide groups is 1. The van der Waals surface area contributed by atoms with Crippen molar-refractivity contribution in [1.29, 1.82) is 0 Å². The highest BCUT2D eigenvalue weighted by atomic mass is 79.9. The van der Waals surface area contributed by atoms with Crippen LogP contribution in [0.4, 0.5) is 0 Å². The number of rotatable bonds is 5. The summed E-state index contributed by atoms with van der Waals surface area (Å²) in [6.07, 6.45) is 5.27. The molecule has 0 radical (unpaired) electrons. The van der Waals surface area contributed by atoms with Crippen molar-refractivity contribution in [3.63, 3.8) is 0 Å². The van der Waals surface area contributed by atoms with E-state index in [1.807, 2.05) is 0 Å². The van der Waals surface area contributed by atoms with Crippen molar-refractivity contribution in [2.24, 2.45) is 35.5 Å². The van der Waals surface area contributed by atoms with Gasteiger partial charge in [0.05, 0.1) is 11.8 Å². The first-order valence-corrected chi connectivity index (χ1v) is 10.7. The second kappa shape index (κ2) is 6.62. The van der Waals surface area contributed by atoms with Gasteiger partial charge in [-0.3, -0.25) is 19.3 Å². The second-order valence-electron chi connectivity index (χ2n) is 8.41. The van der Waals surface area contributed by atoms with Crippen molar-refractivity contribution >= 4 is 39.5 Å². The summed E-state index contributed by atoms with van der Waals surface area (Å²) in [6.45, 7) is 1.07. The molecule has 4 aliphatic carbocycles. The predicted octanol–water partition coefficient (Wildman–Crippen LogP) is 2.62. The van der Waals surface area contributed by atoms with E-state index in [0.29, 0.717) is 17.4 Å². The summed E-state index contributed by atoms with van der Waals surface area (Å²) in [7, 11) is 0. The van der Waals surface area contributed by atoms with Crippen LogP contribution in [0.5, 0.6) is 0 Å². The molecule has 0 aromatic heterocycles. The van der Waals surface area contributed by atoms with Crippen LogP contribution in [0.25, 0.3) is 0 Å². The molecule has 0 spiro atoms. The molecule has 3 fully saturated rings. The molecule has 6 nitrogen and oxygen atoms in total. The molecule has 1 heterocycles. The lowest BCUT2D eigenvalue weighted by Gasteiger charge is -2.37. The Morgan fingerprint density at radius 1 is 1.07 bits per heavy atom. The minimum absolute atomic E-state index is 0.110. The van der Waals surface area contributed by atoms with Crippen LogP contribution in [0.3, 0.4) is 0 Å². The number of hydrogen-bond acceptors (Lipinski definition) is 5. The third-order valence-corrected chi connectivity index (χ3v) is 7.47. The summed E-state index contributed by atoms with van der Waals surface area (Å²) < 4.78 is 5.99. The number of allylic oxidation sites excluding steroid dienone is 2. The Bertz CT molecular complexity index is 918. The maximum absolute atomic E-state index is 13.0. The van der Waals surface area contributed by atoms with Crippen LogP contribution >= 0.6 is 15.9 Å². The van der Waals surface area contributed by atoms with Crippen molar-refractivity contribution < 1.29 is 23.9 Å². The van der Waals surface area contributed by atoms with E-state index in [1.165, 1.54) is 6.92 Å². The van der Waals surface area contributed by atoms with Gasteiger partial charge in [0.2, 0.25) is 11.8 Å². The van der Waals surface area contributed by atoms with Gasteiger partial charge >= 0.3 is 5.97 Å². The van der Waals surface area contributed by atoms with Crippen LogP contribution in [-0.4, -0.2) is 41.1 Å². The molecule has 7 atom stereocenters. The molecule has 2 bridgehead atoms. The number of benzene rings is 1. The van der Waals surface area contributed by atoms with Crippen molar-refractivity contribution in [3.8, 4) is 0 Å². The van der Waals surface area contributed by atoms with E-state index in [-0.39, 0.29) is 41.3 Å². The monoisotopic (exact) mass is 457 g/mol. The Morgan fingerprint density at radius 3 is 2.17 bits per heavy atom. The molecule has 0 N–H and O–H groups in total. The van der Waals surface area contributed by atoms with Crippen LogP contribution in [0, 0.1) is 35.5 Å². The molecule has 6 rings (SSSR count).